The fraction of sp³-hybridized carbons (Fsp3) is 0.588. The van der Waals surface area contributed by atoms with Crippen LogP contribution in [0.4, 0.5) is 0 Å². The number of aliphatic hydroxyl groups excluding tert-OH is 3. The van der Waals surface area contributed by atoms with Gasteiger partial charge in [0.2, 0.25) is 0 Å². The van der Waals surface area contributed by atoms with Crippen LogP contribution in [0.1, 0.15) is 37.8 Å². The largest absolute Gasteiger partial charge is 0.481 e. The molecule has 0 aliphatic rings. The second-order valence-corrected chi connectivity index (χ2v) is 6.24. The SMILES string of the molecule is CC(C)Cc1ccc(C(C)C(=O)O)cc1.NC(CO)(CO)CO. The van der Waals surface area contributed by atoms with E-state index in [0.29, 0.717) is 5.92 Å². The number of benzene rings is 1. The molecule has 6 N–H and O–H groups in total. The summed E-state index contributed by atoms with van der Waals surface area (Å²) in [5, 5.41) is 33.9. The molecule has 23 heavy (non-hydrogen) atoms. The monoisotopic (exact) mass is 327 g/mol. The first-order valence-corrected chi connectivity index (χ1v) is 7.62. The summed E-state index contributed by atoms with van der Waals surface area (Å²) in [6.45, 7) is 4.85. The van der Waals surface area contributed by atoms with Crippen LogP contribution in [0.15, 0.2) is 24.3 Å². The Morgan fingerprint density at radius 3 is 1.74 bits per heavy atom. The van der Waals surface area contributed by atoms with Crippen LogP contribution in [0.5, 0.6) is 0 Å². The highest BCUT2D eigenvalue weighted by molar-refractivity contribution is 5.75. The van der Waals surface area contributed by atoms with Crippen LogP contribution in [-0.4, -0.2) is 51.8 Å². The van der Waals surface area contributed by atoms with E-state index in [0.717, 1.165) is 12.0 Å². The van der Waals surface area contributed by atoms with E-state index in [2.05, 4.69) is 13.8 Å². The topological polar surface area (TPSA) is 124 Å². The van der Waals surface area contributed by atoms with Gasteiger partial charge in [-0.15, -0.1) is 0 Å². The van der Waals surface area contributed by atoms with E-state index in [-0.39, 0.29) is 0 Å². The zero-order chi connectivity index (χ0) is 18.0. The Morgan fingerprint density at radius 1 is 1.04 bits per heavy atom. The maximum atomic E-state index is 10.8. The van der Waals surface area contributed by atoms with Gasteiger partial charge in [0.05, 0.1) is 31.3 Å². The van der Waals surface area contributed by atoms with Crippen molar-refractivity contribution in [3.63, 3.8) is 0 Å². The van der Waals surface area contributed by atoms with Crippen molar-refractivity contribution < 1.29 is 25.2 Å². The Kier molecular flexibility index (Phi) is 9.67. The number of nitrogens with two attached hydrogens (primary N) is 1. The molecule has 0 saturated carbocycles. The van der Waals surface area contributed by atoms with Crippen LogP contribution in [0.25, 0.3) is 0 Å². The van der Waals surface area contributed by atoms with Gasteiger partial charge in [-0.05, 0) is 30.4 Å². The molecule has 1 rings (SSSR count). The summed E-state index contributed by atoms with van der Waals surface area (Å²) < 4.78 is 0. The summed E-state index contributed by atoms with van der Waals surface area (Å²) in [6, 6.07) is 7.87. The molecule has 0 bridgehead atoms. The van der Waals surface area contributed by atoms with Gasteiger partial charge in [0.15, 0.2) is 0 Å². The van der Waals surface area contributed by atoms with Crippen molar-refractivity contribution >= 4 is 5.97 Å². The fourth-order valence-electron chi connectivity index (χ4n) is 1.71. The maximum Gasteiger partial charge on any atom is 0.310 e. The van der Waals surface area contributed by atoms with E-state index in [1.54, 1.807) is 6.92 Å². The Labute approximate surface area is 137 Å². The van der Waals surface area contributed by atoms with Gasteiger partial charge in [-0.2, -0.15) is 0 Å². The first-order chi connectivity index (χ1) is 10.7. The molecule has 0 spiro atoms. The van der Waals surface area contributed by atoms with Gasteiger partial charge in [-0.1, -0.05) is 38.1 Å². The average Bonchev–Trinajstić information content (AvgIpc) is 2.54. The first kappa shape index (κ1) is 21.5. The van der Waals surface area contributed by atoms with Crippen LogP contribution in [0.2, 0.25) is 0 Å². The first-order valence-electron chi connectivity index (χ1n) is 7.62. The molecular weight excluding hydrogens is 298 g/mol. The van der Waals surface area contributed by atoms with Gasteiger partial charge in [0.25, 0.3) is 0 Å². The molecule has 0 aromatic heterocycles. The Balaban J connectivity index is 0.000000515. The summed E-state index contributed by atoms with van der Waals surface area (Å²) in [6.07, 6.45) is 1.04. The highest BCUT2D eigenvalue weighted by Crippen LogP contribution is 2.17. The zero-order valence-corrected chi connectivity index (χ0v) is 14.1. The van der Waals surface area contributed by atoms with Crippen LogP contribution >= 0.6 is 0 Å². The smallest absolute Gasteiger partial charge is 0.310 e. The highest BCUT2D eigenvalue weighted by atomic mass is 16.4. The predicted molar refractivity (Wildman–Crippen MR) is 89.2 cm³/mol. The molecule has 6 nitrogen and oxygen atoms in total. The average molecular weight is 327 g/mol. The molecule has 0 fully saturated rings. The van der Waals surface area contributed by atoms with Crippen molar-refractivity contribution in [1.29, 1.82) is 0 Å². The van der Waals surface area contributed by atoms with Crippen LogP contribution in [0.3, 0.4) is 0 Å². The number of hydrogen-bond donors (Lipinski definition) is 5. The number of aliphatic carboxylic acids is 1. The summed E-state index contributed by atoms with van der Waals surface area (Å²) in [4.78, 5) is 10.8. The van der Waals surface area contributed by atoms with Crippen molar-refractivity contribution in [2.75, 3.05) is 19.8 Å². The number of hydrogen-bond acceptors (Lipinski definition) is 5. The van der Waals surface area contributed by atoms with Gasteiger partial charge in [-0.25, -0.2) is 0 Å². The third-order valence-electron chi connectivity index (χ3n) is 3.44. The van der Waals surface area contributed by atoms with Crippen LogP contribution < -0.4 is 5.73 Å². The summed E-state index contributed by atoms with van der Waals surface area (Å²) in [7, 11) is 0. The minimum absolute atomic E-state index is 0.403. The number of aliphatic hydroxyl groups is 3. The van der Waals surface area contributed by atoms with Crippen molar-refractivity contribution in [3.05, 3.63) is 35.4 Å². The standard InChI is InChI=1S/C13H18O2.C4H11NO3/c1-9(2)8-11-4-6-12(7-5-11)10(3)13(14)15;5-4(1-6,2-7)3-8/h4-7,9-10H,8H2,1-3H3,(H,14,15);6-8H,1-3,5H2. The van der Waals surface area contributed by atoms with Crippen molar-refractivity contribution in [2.24, 2.45) is 11.7 Å². The van der Waals surface area contributed by atoms with E-state index >= 15 is 0 Å². The third-order valence-corrected chi connectivity index (χ3v) is 3.44. The molecule has 1 atom stereocenters. The minimum Gasteiger partial charge on any atom is -0.481 e. The molecule has 0 saturated heterocycles. The molecule has 1 unspecified atom stereocenters. The summed E-state index contributed by atoms with van der Waals surface area (Å²) in [5.41, 5.74) is 6.08. The number of rotatable bonds is 7. The van der Waals surface area contributed by atoms with Crippen LogP contribution in [-0.2, 0) is 11.2 Å². The Morgan fingerprint density at radius 2 is 1.48 bits per heavy atom. The van der Waals surface area contributed by atoms with Gasteiger partial charge in [0.1, 0.15) is 0 Å². The lowest BCUT2D eigenvalue weighted by atomic mass is 9.97. The Bertz CT molecular complexity index is 446. The van der Waals surface area contributed by atoms with Gasteiger partial charge in [-0.3, -0.25) is 4.79 Å². The van der Waals surface area contributed by atoms with Gasteiger partial charge < -0.3 is 26.2 Å². The van der Waals surface area contributed by atoms with E-state index < -0.39 is 37.2 Å². The van der Waals surface area contributed by atoms with Crippen molar-refractivity contribution in [3.8, 4) is 0 Å². The zero-order valence-electron chi connectivity index (χ0n) is 14.1. The van der Waals surface area contributed by atoms with Gasteiger partial charge >= 0.3 is 5.97 Å². The number of carboxylic acids is 1. The number of carbonyl (C=O) groups is 1. The second kappa shape index (κ2) is 10.3. The molecule has 1 aromatic rings. The predicted octanol–water partition coefficient (Wildman–Crippen LogP) is 0.734. The molecular formula is C17H29NO5. The Hall–Kier alpha value is -1.47. The van der Waals surface area contributed by atoms with Gasteiger partial charge in [0, 0.05) is 0 Å². The lowest BCUT2D eigenvalue weighted by molar-refractivity contribution is -0.138. The summed E-state index contributed by atoms with van der Waals surface area (Å²) >= 11 is 0. The normalized spacial score (nSPS) is 12.5. The molecule has 1 aromatic carbocycles. The van der Waals surface area contributed by atoms with E-state index in [1.165, 1.54) is 5.56 Å². The molecule has 0 heterocycles. The molecule has 0 radical (unpaired) electrons. The molecule has 0 aliphatic heterocycles. The van der Waals surface area contributed by atoms with Crippen molar-refractivity contribution in [1.82, 2.24) is 0 Å². The minimum atomic E-state index is -1.21. The highest BCUT2D eigenvalue weighted by Gasteiger charge is 2.20. The molecule has 0 amide bonds. The van der Waals surface area contributed by atoms with Crippen molar-refractivity contribution in [2.45, 2.75) is 38.6 Å². The van der Waals surface area contributed by atoms with Crippen LogP contribution in [0, 0.1) is 5.92 Å². The van der Waals surface area contributed by atoms with E-state index in [4.69, 9.17) is 26.2 Å². The maximum absolute atomic E-state index is 10.8. The third kappa shape index (κ3) is 8.08. The molecule has 0 aliphatic carbocycles. The lowest BCUT2D eigenvalue weighted by Gasteiger charge is -2.20. The fourth-order valence-corrected chi connectivity index (χ4v) is 1.71. The van der Waals surface area contributed by atoms with E-state index in [1.807, 2.05) is 24.3 Å². The quantitative estimate of drug-likeness (QED) is 0.503. The second-order valence-electron chi connectivity index (χ2n) is 6.24. The summed E-state index contributed by atoms with van der Waals surface area (Å²) in [5.74, 6) is -0.558. The molecule has 6 heteroatoms. The molecule has 132 valence electrons. The van der Waals surface area contributed by atoms with E-state index in [9.17, 15) is 4.79 Å². The number of carboxylic acid groups (broad SMARTS) is 1. The lowest BCUT2D eigenvalue weighted by Crippen LogP contribution is -2.50.